The van der Waals surface area contributed by atoms with Crippen LogP contribution >= 0.6 is 0 Å². The first kappa shape index (κ1) is 40.2. The van der Waals surface area contributed by atoms with Crippen LogP contribution in [0.5, 0.6) is 40.2 Å². The molecule has 1 aromatic heterocycles. The van der Waals surface area contributed by atoms with E-state index in [1.165, 1.54) is 37.5 Å². The van der Waals surface area contributed by atoms with Crippen LogP contribution in [0.25, 0.3) is 28.4 Å². The summed E-state index contributed by atoms with van der Waals surface area (Å²) in [6.07, 6.45) is -14.9. The summed E-state index contributed by atoms with van der Waals surface area (Å²) >= 11 is 0. The standard InChI is InChI=1S/C37H38O19/c1-50-23-9-16(8-20(41)28(23)43)35-24(12-19-21(52-35)10-18(40)11-22(19)53-36-33(48)31(46)29(44)25(13-38)55-36)54-37-34(49)32(47)30(45)26(56-37)14-51-27(42)7-4-15-2-5-17(39)6-3-15/h2-12,25-26,29-34,36-38,44-49H,13-14H2,1H3,(H3-,39,40,41,42,43)/p+1/t25?,26?,29-,30-,31+,32?,33?,34?,36-,37-/m1/s1. The van der Waals surface area contributed by atoms with E-state index in [1.807, 2.05) is 0 Å². The van der Waals surface area contributed by atoms with Crippen LogP contribution in [0.3, 0.4) is 0 Å². The van der Waals surface area contributed by atoms with Crippen LogP contribution in [0.4, 0.5) is 0 Å². The Hall–Kier alpha value is -5.48. The van der Waals surface area contributed by atoms with Crippen LogP contribution in [0.2, 0.25) is 0 Å². The van der Waals surface area contributed by atoms with E-state index in [1.54, 1.807) is 12.1 Å². The predicted octanol–water partition coefficient (Wildman–Crippen LogP) is -0.166. The smallest absolute Gasteiger partial charge is 0.402 e. The first-order valence-corrected chi connectivity index (χ1v) is 16.9. The van der Waals surface area contributed by atoms with Gasteiger partial charge in [0, 0.05) is 30.3 Å². The quantitative estimate of drug-likeness (QED) is 0.0407. The number of ether oxygens (including phenoxy) is 6. The Bertz CT molecular complexity index is 2050. The third-order valence-corrected chi connectivity index (χ3v) is 9.04. The van der Waals surface area contributed by atoms with Crippen LogP contribution in [0.1, 0.15) is 5.56 Å². The van der Waals surface area contributed by atoms with Crippen molar-refractivity contribution < 1.29 is 93.8 Å². The van der Waals surface area contributed by atoms with Gasteiger partial charge >= 0.3 is 17.3 Å². The first-order chi connectivity index (χ1) is 26.7. The average molecular weight is 788 g/mol. The largest absolute Gasteiger partial charge is 0.508 e. The number of hydrogen-bond donors (Lipinski definition) is 11. The van der Waals surface area contributed by atoms with E-state index in [-0.39, 0.29) is 45.3 Å². The number of rotatable bonds is 11. The third-order valence-electron chi connectivity index (χ3n) is 9.04. The van der Waals surface area contributed by atoms with Gasteiger partial charge in [0.2, 0.25) is 24.1 Å². The number of aliphatic hydroxyl groups excluding tert-OH is 7. The van der Waals surface area contributed by atoms with Crippen LogP contribution in [-0.4, -0.2) is 144 Å². The molecule has 3 aromatic carbocycles. The molecule has 11 N–H and O–H groups in total. The van der Waals surface area contributed by atoms with Gasteiger partial charge in [0.25, 0.3) is 0 Å². The highest BCUT2D eigenvalue weighted by Gasteiger charge is 2.47. The second-order valence-corrected chi connectivity index (χ2v) is 12.8. The summed E-state index contributed by atoms with van der Waals surface area (Å²) in [5, 5.41) is 114. The Morgan fingerprint density at radius 1 is 0.732 bits per heavy atom. The van der Waals surface area contributed by atoms with E-state index in [4.69, 9.17) is 32.8 Å². The molecule has 300 valence electrons. The molecule has 0 saturated carbocycles. The van der Waals surface area contributed by atoms with Gasteiger partial charge in [-0.15, -0.1) is 0 Å². The van der Waals surface area contributed by atoms with Crippen molar-refractivity contribution in [3.8, 4) is 51.6 Å². The molecule has 10 atom stereocenters. The Morgan fingerprint density at radius 2 is 1.36 bits per heavy atom. The number of esters is 1. The maximum Gasteiger partial charge on any atom is 0.402 e. The van der Waals surface area contributed by atoms with Crippen LogP contribution in [0, 0.1) is 0 Å². The Kier molecular flexibility index (Phi) is 12.0. The fraction of sp³-hybridized carbons (Fsp3) is 0.351. The van der Waals surface area contributed by atoms with Gasteiger partial charge in [0.15, 0.2) is 11.5 Å². The van der Waals surface area contributed by atoms with Gasteiger partial charge in [-0.1, -0.05) is 12.1 Å². The number of phenols is 4. The maximum atomic E-state index is 12.5. The zero-order valence-corrected chi connectivity index (χ0v) is 29.2. The van der Waals surface area contributed by atoms with Crippen molar-refractivity contribution in [1.82, 2.24) is 0 Å². The molecule has 0 bridgehead atoms. The van der Waals surface area contributed by atoms with Gasteiger partial charge in [0.1, 0.15) is 78.1 Å². The number of aliphatic hydroxyl groups is 7. The molecule has 0 aliphatic carbocycles. The van der Waals surface area contributed by atoms with Crippen molar-refractivity contribution in [2.45, 2.75) is 61.4 Å². The summed E-state index contributed by atoms with van der Waals surface area (Å²) in [6.45, 7) is -1.38. The first-order valence-electron chi connectivity index (χ1n) is 16.9. The number of phenolic OH excluding ortho intramolecular Hbond substituents is 4. The monoisotopic (exact) mass is 787 g/mol. The van der Waals surface area contributed by atoms with Crippen molar-refractivity contribution in [3.63, 3.8) is 0 Å². The Morgan fingerprint density at radius 3 is 2.00 bits per heavy atom. The molecule has 2 aliphatic rings. The highest BCUT2D eigenvalue weighted by Crippen LogP contribution is 2.46. The summed E-state index contributed by atoms with van der Waals surface area (Å²) in [5.74, 6) is -3.61. The molecular formula is C37H39O19+. The Labute approximate surface area is 316 Å². The summed E-state index contributed by atoms with van der Waals surface area (Å²) in [6, 6.07) is 11.7. The molecule has 6 rings (SSSR count). The van der Waals surface area contributed by atoms with Crippen molar-refractivity contribution in [3.05, 3.63) is 66.2 Å². The van der Waals surface area contributed by atoms with Crippen LogP contribution in [0.15, 0.2) is 65.1 Å². The van der Waals surface area contributed by atoms with E-state index in [0.717, 1.165) is 24.3 Å². The van der Waals surface area contributed by atoms with Gasteiger partial charge < -0.3 is 84.6 Å². The highest BCUT2D eigenvalue weighted by atomic mass is 16.7. The van der Waals surface area contributed by atoms with Crippen molar-refractivity contribution in [2.24, 2.45) is 0 Å². The van der Waals surface area contributed by atoms with Gasteiger partial charge in [-0.3, -0.25) is 0 Å². The highest BCUT2D eigenvalue weighted by molar-refractivity contribution is 5.89. The lowest BCUT2D eigenvalue weighted by Gasteiger charge is -2.39. The fourth-order valence-electron chi connectivity index (χ4n) is 5.97. The molecule has 19 nitrogen and oxygen atoms in total. The zero-order chi connectivity index (χ0) is 40.4. The van der Waals surface area contributed by atoms with E-state index < -0.39 is 97.8 Å². The molecule has 2 fully saturated rings. The van der Waals surface area contributed by atoms with Crippen LogP contribution in [-0.2, 0) is 19.0 Å². The SMILES string of the molecule is COc1cc(-c2[o+]c3cc(O)cc(O[C@@H]4OC(CO)[C@@H](O)[C@H](O)C4O)c3cc2O[C@@H]2OC(COC(=O)/C=C/c3ccc(O)cc3)[C@@H](O)C(O)C2O)cc(O)c1O. The molecule has 0 amide bonds. The molecule has 0 radical (unpaired) electrons. The summed E-state index contributed by atoms with van der Waals surface area (Å²) in [7, 11) is 1.21. The van der Waals surface area contributed by atoms with Gasteiger partial charge in [-0.05, 0) is 23.8 Å². The summed E-state index contributed by atoms with van der Waals surface area (Å²) in [4.78, 5) is 12.5. The normalized spacial score (nSPS) is 27.9. The Balaban J connectivity index is 1.35. The number of hydrogen-bond acceptors (Lipinski definition) is 18. The minimum Gasteiger partial charge on any atom is -0.508 e. The average Bonchev–Trinajstić information content (AvgIpc) is 3.18. The lowest BCUT2D eigenvalue weighted by molar-refractivity contribution is -0.278. The molecular weight excluding hydrogens is 748 g/mol. The van der Waals surface area contributed by atoms with E-state index >= 15 is 0 Å². The molecule has 2 aliphatic heterocycles. The number of carbonyl (C=O) groups is 1. The minimum absolute atomic E-state index is 0.00873. The number of carbonyl (C=O) groups excluding carboxylic acids is 1. The lowest BCUT2D eigenvalue weighted by atomic mass is 9.99. The molecule has 4 aromatic rings. The lowest BCUT2D eigenvalue weighted by Crippen LogP contribution is -2.60. The topological polar surface area (TPSA) is 306 Å². The van der Waals surface area contributed by atoms with Gasteiger partial charge in [-0.2, -0.15) is 0 Å². The van der Waals surface area contributed by atoms with Gasteiger partial charge in [0.05, 0.1) is 25.3 Å². The van der Waals surface area contributed by atoms with E-state index in [0.29, 0.717) is 5.56 Å². The molecule has 3 heterocycles. The van der Waals surface area contributed by atoms with Crippen molar-refractivity contribution in [2.75, 3.05) is 20.3 Å². The molecule has 56 heavy (non-hydrogen) atoms. The molecule has 5 unspecified atom stereocenters. The molecule has 2 saturated heterocycles. The predicted molar refractivity (Wildman–Crippen MR) is 187 cm³/mol. The molecule has 19 heteroatoms. The number of benzene rings is 3. The maximum absolute atomic E-state index is 12.5. The number of aromatic hydroxyl groups is 4. The van der Waals surface area contributed by atoms with Crippen LogP contribution < -0.4 is 14.2 Å². The minimum atomic E-state index is -1.94. The third kappa shape index (κ3) is 8.35. The summed E-state index contributed by atoms with van der Waals surface area (Å²) < 4.78 is 39.5. The zero-order valence-electron chi connectivity index (χ0n) is 29.2. The van der Waals surface area contributed by atoms with Crippen molar-refractivity contribution >= 4 is 23.0 Å². The second kappa shape index (κ2) is 16.7. The number of methoxy groups -OCH3 is 1. The van der Waals surface area contributed by atoms with Crippen molar-refractivity contribution in [1.29, 1.82) is 0 Å². The fourth-order valence-corrected chi connectivity index (χ4v) is 5.97. The number of fused-ring (bicyclic) bond motifs is 1. The van der Waals surface area contributed by atoms with E-state index in [9.17, 15) is 61.0 Å². The second-order valence-electron chi connectivity index (χ2n) is 12.8. The van der Waals surface area contributed by atoms with E-state index in [2.05, 4.69) is 0 Å². The molecule has 0 spiro atoms. The van der Waals surface area contributed by atoms with Gasteiger partial charge in [-0.25, -0.2) is 9.21 Å². The summed E-state index contributed by atoms with van der Waals surface area (Å²) in [5.41, 5.74) is 0.420.